The maximum Gasteiger partial charge on any atom is 0.354 e. The van der Waals surface area contributed by atoms with Crippen LogP contribution in [0.1, 0.15) is 35.8 Å². The van der Waals surface area contributed by atoms with Crippen molar-refractivity contribution < 1.29 is 9.90 Å². The van der Waals surface area contributed by atoms with Crippen molar-refractivity contribution in [1.82, 2.24) is 9.55 Å². The molecule has 1 aromatic carbocycles. The lowest BCUT2D eigenvalue weighted by atomic mass is 10.0. The maximum atomic E-state index is 11.6. The fourth-order valence-corrected chi connectivity index (χ4v) is 1.79. The number of hydrogen-bond donors (Lipinski definition) is 2. The zero-order valence-electron chi connectivity index (χ0n) is 10.2. The van der Waals surface area contributed by atoms with E-state index in [1.807, 2.05) is 12.1 Å². The van der Waals surface area contributed by atoms with Gasteiger partial charge in [-0.2, -0.15) is 0 Å². The van der Waals surface area contributed by atoms with E-state index in [1.165, 1.54) is 6.20 Å². The van der Waals surface area contributed by atoms with Crippen molar-refractivity contribution in [3.63, 3.8) is 0 Å². The molecule has 18 heavy (non-hydrogen) atoms. The topological polar surface area (TPSA) is 75.1 Å². The van der Waals surface area contributed by atoms with E-state index in [0.29, 0.717) is 11.6 Å². The molecular weight excluding hydrogens is 232 g/mol. The number of rotatable bonds is 3. The molecule has 0 aliphatic rings. The highest BCUT2D eigenvalue weighted by molar-refractivity contribution is 5.86. The summed E-state index contributed by atoms with van der Waals surface area (Å²) in [6, 6.07) is 7.28. The third kappa shape index (κ3) is 2.07. The van der Waals surface area contributed by atoms with Gasteiger partial charge in [-0.15, -0.1) is 0 Å². The van der Waals surface area contributed by atoms with Gasteiger partial charge in [0.25, 0.3) is 0 Å². The summed E-state index contributed by atoms with van der Waals surface area (Å²) in [6.45, 7) is 4.14. The van der Waals surface area contributed by atoms with Crippen LogP contribution in [0.3, 0.4) is 0 Å². The predicted molar refractivity (Wildman–Crippen MR) is 67.4 cm³/mol. The van der Waals surface area contributed by atoms with Crippen LogP contribution in [0.5, 0.6) is 0 Å². The van der Waals surface area contributed by atoms with E-state index in [4.69, 9.17) is 5.11 Å². The van der Waals surface area contributed by atoms with Gasteiger partial charge in [0.2, 0.25) is 0 Å². The van der Waals surface area contributed by atoms with Gasteiger partial charge in [0.1, 0.15) is 0 Å². The molecule has 5 nitrogen and oxygen atoms in total. The Morgan fingerprint density at radius 3 is 2.39 bits per heavy atom. The Labute approximate surface area is 104 Å². The van der Waals surface area contributed by atoms with E-state index >= 15 is 0 Å². The summed E-state index contributed by atoms with van der Waals surface area (Å²) in [5.41, 5.74) is 1.16. The molecule has 0 radical (unpaired) electrons. The fraction of sp³-hybridized carbons (Fsp3) is 0.231. The summed E-state index contributed by atoms with van der Waals surface area (Å²) in [5.74, 6) is -0.748. The van der Waals surface area contributed by atoms with Crippen LogP contribution in [0.15, 0.2) is 35.3 Å². The van der Waals surface area contributed by atoms with Gasteiger partial charge in [-0.25, -0.2) is 9.59 Å². The monoisotopic (exact) mass is 246 g/mol. The standard InChI is InChI=1S/C13H14N2O3/c1-8(2)9-3-5-10(6-4-9)15-11(12(16)17)7-14-13(15)18/h3-8H,1-2H3,(H,14,18)(H,16,17). The lowest BCUT2D eigenvalue weighted by molar-refractivity contribution is 0.0688. The fourth-order valence-electron chi connectivity index (χ4n) is 1.79. The number of H-pyrrole nitrogens is 1. The summed E-state index contributed by atoms with van der Waals surface area (Å²) in [7, 11) is 0. The molecule has 0 fully saturated rings. The number of aromatic carboxylic acids is 1. The minimum Gasteiger partial charge on any atom is -0.477 e. The molecule has 0 aliphatic heterocycles. The molecule has 1 heterocycles. The van der Waals surface area contributed by atoms with Crippen LogP contribution in [0.25, 0.3) is 5.69 Å². The SMILES string of the molecule is CC(C)c1ccc(-n2c(C(=O)O)c[nH]c2=O)cc1. The second-order valence-corrected chi connectivity index (χ2v) is 4.37. The van der Waals surface area contributed by atoms with Gasteiger partial charge in [0.05, 0.1) is 5.69 Å². The largest absolute Gasteiger partial charge is 0.477 e. The molecule has 94 valence electrons. The normalized spacial score (nSPS) is 10.8. The first-order valence-electron chi connectivity index (χ1n) is 5.64. The van der Waals surface area contributed by atoms with Crippen molar-refractivity contribution in [2.24, 2.45) is 0 Å². The van der Waals surface area contributed by atoms with Crippen molar-refractivity contribution >= 4 is 5.97 Å². The highest BCUT2D eigenvalue weighted by Gasteiger charge is 2.14. The summed E-state index contributed by atoms with van der Waals surface area (Å²) in [4.78, 5) is 25.0. The molecule has 0 saturated heterocycles. The molecule has 0 unspecified atom stereocenters. The number of carbonyl (C=O) groups is 1. The maximum absolute atomic E-state index is 11.6. The van der Waals surface area contributed by atoms with Crippen molar-refractivity contribution in [1.29, 1.82) is 0 Å². The zero-order valence-corrected chi connectivity index (χ0v) is 10.2. The number of benzene rings is 1. The third-order valence-electron chi connectivity index (χ3n) is 2.81. The molecule has 5 heteroatoms. The highest BCUT2D eigenvalue weighted by Crippen LogP contribution is 2.16. The molecule has 0 atom stereocenters. The number of aromatic nitrogens is 2. The Balaban J connectivity index is 2.52. The molecule has 0 bridgehead atoms. The molecule has 0 spiro atoms. The molecule has 0 aliphatic carbocycles. The lowest BCUT2D eigenvalue weighted by Gasteiger charge is -2.08. The second kappa shape index (κ2) is 4.52. The average molecular weight is 246 g/mol. The average Bonchev–Trinajstić information content (AvgIpc) is 2.71. The highest BCUT2D eigenvalue weighted by atomic mass is 16.4. The summed E-state index contributed by atoms with van der Waals surface area (Å²) >= 11 is 0. The number of hydrogen-bond acceptors (Lipinski definition) is 2. The van der Waals surface area contributed by atoms with Crippen LogP contribution in [0.2, 0.25) is 0 Å². The van der Waals surface area contributed by atoms with E-state index in [9.17, 15) is 9.59 Å². The van der Waals surface area contributed by atoms with Gasteiger partial charge in [0, 0.05) is 6.20 Å². The minimum atomic E-state index is -1.14. The molecule has 2 N–H and O–H groups in total. The quantitative estimate of drug-likeness (QED) is 0.869. The molecule has 0 saturated carbocycles. The second-order valence-electron chi connectivity index (χ2n) is 4.37. The van der Waals surface area contributed by atoms with Crippen LogP contribution in [-0.2, 0) is 0 Å². The summed E-state index contributed by atoms with van der Waals surface area (Å²) in [5, 5.41) is 9.00. The van der Waals surface area contributed by atoms with E-state index in [-0.39, 0.29) is 5.69 Å². The van der Waals surface area contributed by atoms with E-state index in [2.05, 4.69) is 18.8 Å². The van der Waals surface area contributed by atoms with Crippen molar-refractivity contribution in [3.8, 4) is 5.69 Å². The van der Waals surface area contributed by atoms with Gasteiger partial charge in [0.15, 0.2) is 5.69 Å². The summed E-state index contributed by atoms with van der Waals surface area (Å²) in [6.07, 6.45) is 1.20. The number of nitrogens with one attached hydrogen (secondary N) is 1. The summed E-state index contributed by atoms with van der Waals surface area (Å²) < 4.78 is 1.15. The molecule has 0 amide bonds. The first-order chi connectivity index (χ1) is 8.50. The smallest absolute Gasteiger partial charge is 0.354 e. The van der Waals surface area contributed by atoms with E-state index in [0.717, 1.165) is 10.1 Å². The zero-order chi connectivity index (χ0) is 13.3. The number of carboxylic acids is 1. The molecule has 2 rings (SSSR count). The molecule has 2 aromatic rings. The van der Waals surface area contributed by atoms with Crippen molar-refractivity contribution in [2.75, 3.05) is 0 Å². The van der Waals surface area contributed by atoms with E-state index < -0.39 is 11.7 Å². The van der Waals surface area contributed by atoms with Crippen LogP contribution in [-0.4, -0.2) is 20.6 Å². The van der Waals surface area contributed by atoms with Gasteiger partial charge < -0.3 is 10.1 Å². The first kappa shape index (κ1) is 12.2. The van der Waals surface area contributed by atoms with Crippen molar-refractivity contribution in [3.05, 3.63) is 52.2 Å². The molecular formula is C13H14N2O3. The Kier molecular flexibility index (Phi) is 3.06. The lowest BCUT2D eigenvalue weighted by Crippen LogP contribution is -2.19. The minimum absolute atomic E-state index is 0.0719. The predicted octanol–water partition coefficient (Wildman–Crippen LogP) is 1.99. The first-order valence-corrected chi connectivity index (χ1v) is 5.64. The number of carboxylic acid groups (broad SMARTS) is 1. The van der Waals surface area contributed by atoms with Crippen molar-refractivity contribution in [2.45, 2.75) is 19.8 Å². The van der Waals surface area contributed by atoms with Gasteiger partial charge in [-0.3, -0.25) is 4.57 Å². The Morgan fingerprint density at radius 2 is 1.89 bits per heavy atom. The van der Waals surface area contributed by atoms with Gasteiger partial charge >= 0.3 is 11.7 Å². The Hall–Kier alpha value is -2.30. The third-order valence-corrected chi connectivity index (χ3v) is 2.81. The van der Waals surface area contributed by atoms with Crippen LogP contribution >= 0.6 is 0 Å². The van der Waals surface area contributed by atoms with Gasteiger partial charge in [-0.05, 0) is 23.6 Å². The number of nitrogens with zero attached hydrogens (tertiary/aromatic N) is 1. The Bertz CT molecular complexity index is 620. The van der Waals surface area contributed by atoms with Crippen LogP contribution < -0.4 is 5.69 Å². The molecule has 1 aromatic heterocycles. The number of imidazole rings is 1. The number of aromatic amines is 1. The van der Waals surface area contributed by atoms with Gasteiger partial charge in [-0.1, -0.05) is 26.0 Å². The van der Waals surface area contributed by atoms with Crippen LogP contribution in [0, 0.1) is 0 Å². The van der Waals surface area contributed by atoms with Crippen LogP contribution in [0.4, 0.5) is 0 Å². The Morgan fingerprint density at radius 1 is 1.28 bits per heavy atom. The van der Waals surface area contributed by atoms with E-state index in [1.54, 1.807) is 12.1 Å².